The minimum absolute atomic E-state index is 0.230. The number of hydrazone groups is 1. The van der Waals surface area contributed by atoms with E-state index in [1.165, 1.54) is 11.1 Å². The van der Waals surface area contributed by atoms with E-state index in [2.05, 4.69) is 83.1 Å². The molecule has 4 nitrogen and oxygen atoms in total. The smallest absolute Gasteiger partial charge is 0.180 e. The van der Waals surface area contributed by atoms with Crippen LogP contribution >= 0.6 is 0 Å². The molecule has 25 heavy (non-hydrogen) atoms. The molecule has 1 aliphatic heterocycles. The number of anilines is 1. The molecule has 0 saturated heterocycles. The Labute approximate surface area is 150 Å². The molecule has 0 amide bonds. The lowest BCUT2D eigenvalue weighted by atomic mass is 9.77. The van der Waals surface area contributed by atoms with Gasteiger partial charge in [0.1, 0.15) is 0 Å². The fourth-order valence-electron chi connectivity index (χ4n) is 2.91. The van der Waals surface area contributed by atoms with Crippen LogP contribution in [0.3, 0.4) is 0 Å². The van der Waals surface area contributed by atoms with Crippen molar-refractivity contribution in [2.45, 2.75) is 47.2 Å². The van der Waals surface area contributed by atoms with E-state index in [0.717, 1.165) is 17.1 Å². The van der Waals surface area contributed by atoms with Crippen LogP contribution in [0, 0.1) is 19.3 Å². The van der Waals surface area contributed by atoms with E-state index < -0.39 is 5.66 Å². The van der Waals surface area contributed by atoms with E-state index in [1.807, 2.05) is 17.1 Å². The first kappa shape index (κ1) is 17.3. The standard InChI is InChI=1S/C21H26N4/c1-15-7-11-18(12-8-15)22-24-21(6)20(4,5)17(3)23-25(21)19-13-9-16(2)10-14-19/h7-14H,1-6H3. The Morgan fingerprint density at radius 1 is 0.800 bits per heavy atom. The summed E-state index contributed by atoms with van der Waals surface area (Å²) in [6, 6.07) is 16.5. The highest BCUT2D eigenvalue weighted by Gasteiger charge is 2.53. The predicted octanol–water partition coefficient (Wildman–Crippen LogP) is 6.03. The fourth-order valence-corrected chi connectivity index (χ4v) is 2.91. The number of hydrogen-bond donors (Lipinski definition) is 0. The van der Waals surface area contributed by atoms with E-state index in [0.29, 0.717) is 0 Å². The highest BCUT2D eigenvalue weighted by atomic mass is 15.6. The Morgan fingerprint density at radius 2 is 1.32 bits per heavy atom. The molecule has 2 aromatic carbocycles. The molecule has 2 aromatic rings. The molecule has 1 atom stereocenters. The third kappa shape index (κ3) is 2.97. The van der Waals surface area contributed by atoms with E-state index in [9.17, 15) is 0 Å². The topological polar surface area (TPSA) is 40.3 Å². The summed E-state index contributed by atoms with van der Waals surface area (Å²) in [7, 11) is 0. The van der Waals surface area contributed by atoms with Crippen LogP contribution < -0.4 is 5.01 Å². The molecule has 0 N–H and O–H groups in total. The van der Waals surface area contributed by atoms with Gasteiger partial charge in [0.15, 0.2) is 5.66 Å². The largest absolute Gasteiger partial charge is 0.236 e. The first-order chi connectivity index (χ1) is 11.7. The molecular weight excluding hydrogens is 308 g/mol. The van der Waals surface area contributed by atoms with Crippen LogP contribution in [-0.2, 0) is 0 Å². The predicted molar refractivity (Wildman–Crippen MR) is 105 cm³/mol. The zero-order chi connectivity index (χ0) is 18.2. The van der Waals surface area contributed by atoms with Crippen molar-refractivity contribution >= 4 is 17.1 Å². The Balaban J connectivity index is 2.02. The lowest BCUT2D eigenvalue weighted by Crippen LogP contribution is -2.49. The number of nitrogens with zero attached hydrogens (tertiary/aromatic N) is 4. The van der Waals surface area contributed by atoms with Gasteiger partial charge in [-0.1, -0.05) is 49.2 Å². The maximum Gasteiger partial charge on any atom is 0.180 e. The third-order valence-corrected chi connectivity index (χ3v) is 5.42. The van der Waals surface area contributed by atoms with Gasteiger partial charge in [-0.3, -0.25) is 0 Å². The maximum absolute atomic E-state index is 4.82. The Hall–Kier alpha value is -2.49. The number of rotatable bonds is 3. The van der Waals surface area contributed by atoms with E-state index >= 15 is 0 Å². The van der Waals surface area contributed by atoms with E-state index in [-0.39, 0.29) is 5.41 Å². The van der Waals surface area contributed by atoms with Gasteiger partial charge < -0.3 is 0 Å². The SMILES string of the molecule is CC1=NN(c2ccc(C)cc2)C(C)(N=Nc2ccc(C)cc2)C1(C)C. The molecule has 4 heteroatoms. The average molecular weight is 334 g/mol. The Bertz CT molecular complexity index is 816. The molecule has 130 valence electrons. The van der Waals surface area contributed by atoms with Crippen LogP contribution in [0.5, 0.6) is 0 Å². The molecule has 0 aromatic heterocycles. The maximum atomic E-state index is 4.82. The molecular formula is C21H26N4. The molecule has 1 unspecified atom stereocenters. The number of aryl methyl sites for hydroxylation is 2. The van der Waals surface area contributed by atoms with Crippen molar-refractivity contribution in [1.29, 1.82) is 0 Å². The summed E-state index contributed by atoms with van der Waals surface area (Å²) >= 11 is 0. The van der Waals surface area contributed by atoms with Crippen LogP contribution in [0.1, 0.15) is 38.8 Å². The molecule has 0 fully saturated rings. The van der Waals surface area contributed by atoms with Gasteiger partial charge in [-0.05, 0) is 52.0 Å². The summed E-state index contributed by atoms with van der Waals surface area (Å²) in [5.74, 6) is 0. The van der Waals surface area contributed by atoms with Crippen LogP contribution in [0.2, 0.25) is 0 Å². The molecule has 1 heterocycles. The molecule has 3 rings (SSSR count). The highest BCUT2D eigenvalue weighted by molar-refractivity contribution is 5.92. The summed E-state index contributed by atoms with van der Waals surface area (Å²) in [4.78, 5) is 0. The van der Waals surface area contributed by atoms with Gasteiger partial charge in [0.25, 0.3) is 0 Å². The zero-order valence-corrected chi connectivity index (χ0v) is 15.9. The normalized spacial score (nSPS) is 22.5. The van der Waals surface area contributed by atoms with Gasteiger partial charge in [0, 0.05) is 5.71 Å². The van der Waals surface area contributed by atoms with Crippen LogP contribution in [0.4, 0.5) is 11.4 Å². The van der Waals surface area contributed by atoms with E-state index in [4.69, 9.17) is 10.2 Å². The summed E-state index contributed by atoms with van der Waals surface area (Å²) in [6.07, 6.45) is 0. The summed E-state index contributed by atoms with van der Waals surface area (Å²) < 4.78 is 0. The lowest BCUT2D eigenvalue weighted by Gasteiger charge is -2.39. The van der Waals surface area contributed by atoms with Crippen molar-refractivity contribution in [3.63, 3.8) is 0 Å². The van der Waals surface area contributed by atoms with Gasteiger partial charge >= 0.3 is 0 Å². The van der Waals surface area contributed by atoms with Crippen molar-refractivity contribution in [2.75, 3.05) is 5.01 Å². The lowest BCUT2D eigenvalue weighted by molar-refractivity contribution is 0.278. The second kappa shape index (κ2) is 6.10. The minimum atomic E-state index is -0.586. The molecule has 0 saturated carbocycles. The van der Waals surface area contributed by atoms with Gasteiger partial charge in [-0.25, -0.2) is 5.01 Å². The second-order valence-electron chi connectivity index (χ2n) is 7.51. The van der Waals surface area contributed by atoms with Gasteiger partial charge in [-0.2, -0.15) is 15.3 Å². The highest BCUT2D eigenvalue weighted by Crippen LogP contribution is 2.46. The molecule has 1 aliphatic rings. The Morgan fingerprint density at radius 3 is 1.88 bits per heavy atom. The number of hydrogen-bond acceptors (Lipinski definition) is 4. The van der Waals surface area contributed by atoms with Gasteiger partial charge in [-0.15, -0.1) is 0 Å². The minimum Gasteiger partial charge on any atom is -0.236 e. The zero-order valence-electron chi connectivity index (χ0n) is 15.9. The first-order valence-corrected chi connectivity index (χ1v) is 8.66. The van der Waals surface area contributed by atoms with Crippen molar-refractivity contribution in [1.82, 2.24) is 0 Å². The average Bonchev–Trinajstić information content (AvgIpc) is 2.76. The van der Waals surface area contributed by atoms with E-state index in [1.54, 1.807) is 0 Å². The Kier molecular flexibility index (Phi) is 4.23. The third-order valence-electron chi connectivity index (χ3n) is 5.42. The molecule has 0 aliphatic carbocycles. The second-order valence-corrected chi connectivity index (χ2v) is 7.51. The van der Waals surface area contributed by atoms with Crippen molar-refractivity contribution in [3.8, 4) is 0 Å². The van der Waals surface area contributed by atoms with Gasteiger partial charge in [0.2, 0.25) is 0 Å². The summed E-state index contributed by atoms with van der Waals surface area (Å²) in [6.45, 7) is 12.7. The fraction of sp³-hybridized carbons (Fsp3) is 0.381. The summed E-state index contributed by atoms with van der Waals surface area (Å²) in [5.41, 5.74) is 4.57. The van der Waals surface area contributed by atoms with Crippen molar-refractivity contribution < 1.29 is 0 Å². The van der Waals surface area contributed by atoms with Gasteiger partial charge in [0.05, 0.1) is 16.8 Å². The first-order valence-electron chi connectivity index (χ1n) is 8.66. The van der Waals surface area contributed by atoms with Crippen LogP contribution in [-0.4, -0.2) is 11.4 Å². The van der Waals surface area contributed by atoms with Crippen LogP contribution in [0.15, 0.2) is 63.9 Å². The summed E-state index contributed by atoms with van der Waals surface area (Å²) in [5, 5.41) is 16.1. The van der Waals surface area contributed by atoms with Crippen molar-refractivity contribution in [3.05, 3.63) is 59.7 Å². The molecule has 0 radical (unpaired) electrons. The number of benzene rings is 2. The quantitative estimate of drug-likeness (QED) is 0.632. The van der Waals surface area contributed by atoms with Crippen LogP contribution in [0.25, 0.3) is 0 Å². The molecule has 0 spiro atoms. The molecule has 0 bridgehead atoms. The van der Waals surface area contributed by atoms with Crippen molar-refractivity contribution in [2.24, 2.45) is 20.7 Å². The number of azo groups is 1. The monoisotopic (exact) mass is 334 g/mol.